The van der Waals surface area contributed by atoms with E-state index in [1.165, 1.54) is 17.4 Å². The number of benzene rings is 1. The Labute approximate surface area is 170 Å². The molecule has 0 spiro atoms. The third-order valence-corrected chi connectivity index (χ3v) is 6.09. The average Bonchev–Trinajstić information content (AvgIpc) is 3.16. The fourth-order valence-corrected chi connectivity index (χ4v) is 4.25. The number of urea groups is 1. The molecule has 8 heteroatoms. The number of amides is 3. The Morgan fingerprint density at radius 1 is 1.10 bits per heavy atom. The van der Waals surface area contributed by atoms with Crippen LogP contribution in [0.2, 0.25) is 0 Å². The van der Waals surface area contributed by atoms with Gasteiger partial charge < -0.3 is 4.90 Å². The number of nitrogens with zero attached hydrogens (tertiary/aromatic N) is 5. The summed E-state index contributed by atoms with van der Waals surface area (Å²) in [4.78, 5) is 48.8. The second-order valence-corrected chi connectivity index (χ2v) is 7.90. The number of aryl methyl sites for hydroxylation is 1. The molecule has 1 saturated heterocycles. The highest BCUT2D eigenvalue weighted by Crippen LogP contribution is 2.41. The van der Waals surface area contributed by atoms with Crippen LogP contribution in [0.3, 0.4) is 0 Å². The topological polar surface area (TPSA) is 76.5 Å². The number of guanidine groups is 1. The number of carbonyl (C=O) groups is 3. The Morgan fingerprint density at radius 2 is 1.79 bits per heavy atom. The number of anilines is 1. The van der Waals surface area contributed by atoms with E-state index >= 15 is 0 Å². The Balaban J connectivity index is 1.80. The fraction of sp³-hybridized carbons (Fsp3) is 0.429. The first-order valence-corrected chi connectivity index (χ1v) is 9.63. The van der Waals surface area contributed by atoms with E-state index in [1.807, 2.05) is 30.9 Å². The molecule has 3 aliphatic rings. The van der Waals surface area contributed by atoms with Crippen molar-refractivity contribution in [3.63, 3.8) is 0 Å². The van der Waals surface area contributed by atoms with Crippen molar-refractivity contribution in [1.82, 2.24) is 14.7 Å². The summed E-state index contributed by atoms with van der Waals surface area (Å²) in [6, 6.07) is 4.93. The van der Waals surface area contributed by atoms with Gasteiger partial charge in [-0.25, -0.2) is 9.79 Å². The van der Waals surface area contributed by atoms with Gasteiger partial charge in [-0.3, -0.25) is 24.3 Å². The third-order valence-electron chi connectivity index (χ3n) is 6.09. The molecule has 8 nitrogen and oxygen atoms in total. The predicted molar refractivity (Wildman–Crippen MR) is 109 cm³/mol. The van der Waals surface area contributed by atoms with E-state index in [9.17, 15) is 14.4 Å². The first-order valence-electron chi connectivity index (χ1n) is 9.63. The molecule has 0 N–H and O–H groups in total. The van der Waals surface area contributed by atoms with Crippen LogP contribution in [-0.2, 0) is 9.59 Å². The number of allylic oxidation sites excluding steroid dienone is 2. The van der Waals surface area contributed by atoms with Gasteiger partial charge in [0, 0.05) is 18.4 Å². The maximum atomic E-state index is 13.2. The Hall–Kier alpha value is -3.16. The minimum atomic E-state index is -0.669. The molecule has 1 aromatic carbocycles. The van der Waals surface area contributed by atoms with E-state index in [4.69, 9.17) is 4.99 Å². The maximum Gasteiger partial charge on any atom is 0.328 e. The number of likely N-dealkylation sites (N-methyl/N-ethyl adjacent to an activating group) is 1. The molecule has 2 unspecified atom stereocenters. The molecule has 4 rings (SSSR count). The van der Waals surface area contributed by atoms with Gasteiger partial charge in [-0.1, -0.05) is 12.1 Å². The van der Waals surface area contributed by atoms with Crippen molar-refractivity contribution < 1.29 is 14.4 Å². The number of carbonyl (C=O) groups excluding carboxylic acids is 3. The molecule has 3 amide bonds. The lowest BCUT2D eigenvalue weighted by atomic mass is 10.1. The van der Waals surface area contributed by atoms with E-state index < -0.39 is 18.2 Å². The van der Waals surface area contributed by atoms with E-state index in [1.54, 1.807) is 7.05 Å². The molecule has 29 heavy (non-hydrogen) atoms. The summed E-state index contributed by atoms with van der Waals surface area (Å²) in [5, 5.41) is 0. The van der Waals surface area contributed by atoms with Crippen LogP contribution in [0, 0.1) is 13.8 Å². The minimum Gasteiger partial charge on any atom is -0.302 e. The molecule has 0 saturated carbocycles. The van der Waals surface area contributed by atoms with Gasteiger partial charge in [0.15, 0.2) is 12.2 Å². The summed E-state index contributed by atoms with van der Waals surface area (Å²) in [7, 11) is 1.62. The van der Waals surface area contributed by atoms with Crippen LogP contribution in [-0.4, -0.2) is 64.2 Å². The molecule has 0 aliphatic carbocycles. The molecule has 1 fully saturated rings. The Morgan fingerprint density at radius 3 is 2.45 bits per heavy atom. The van der Waals surface area contributed by atoms with Crippen molar-refractivity contribution in [3.8, 4) is 0 Å². The summed E-state index contributed by atoms with van der Waals surface area (Å²) in [6.45, 7) is 9.23. The second kappa shape index (κ2) is 6.43. The van der Waals surface area contributed by atoms with Gasteiger partial charge in [-0.15, -0.1) is 0 Å². The lowest BCUT2D eigenvalue weighted by Crippen LogP contribution is -2.65. The quantitative estimate of drug-likeness (QED) is 0.784. The van der Waals surface area contributed by atoms with Crippen molar-refractivity contribution in [3.05, 3.63) is 40.7 Å². The minimum absolute atomic E-state index is 0.225. The number of fused-ring (bicyclic) bond motifs is 3. The number of hydrogen-bond donors (Lipinski definition) is 0. The molecule has 152 valence electrons. The lowest BCUT2D eigenvalue weighted by Gasteiger charge is -2.40. The van der Waals surface area contributed by atoms with Crippen molar-refractivity contribution in [2.24, 2.45) is 4.99 Å². The molecular weight excluding hydrogens is 370 g/mol. The van der Waals surface area contributed by atoms with E-state index in [-0.39, 0.29) is 18.2 Å². The normalized spacial score (nSPS) is 23.7. The number of Topliss-reactive ketones (excluding diaryl/α,β-unsaturated/α-hetero) is 1. The first kappa shape index (κ1) is 19.2. The summed E-state index contributed by atoms with van der Waals surface area (Å²) >= 11 is 0. The van der Waals surface area contributed by atoms with Gasteiger partial charge in [-0.05, 0) is 51.8 Å². The lowest BCUT2D eigenvalue weighted by molar-refractivity contribution is -0.139. The third kappa shape index (κ3) is 2.58. The van der Waals surface area contributed by atoms with Crippen molar-refractivity contribution in [2.45, 2.75) is 46.8 Å². The van der Waals surface area contributed by atoms with Crippen LogP contribution in [0.15, 0.2) is 34.6 Å². The summed E-state index contributed by atoms with van der Waals surface area (Å²) in [5.74, 6) is 0.0166. The zero-order valence-electron chi connectivity index (χ0n) is 17.6. The zero-order valence-corrected chi connectivity index (χ0v) is 17.6. The highest BCUT2D eigenvalue weighted by molar-refractivity contribution is 6.11. The maximum absolute atomic E-state index is 13.2. The number of rotatable bonds is 3. The van der Waals surface area contributed by atoms with Gasteiger partial charge in [0.25, 0.3) is 5.91 Å². The van der Waals surface area contributed by atoms with Gasteiger partial charge in [-0.2, -0.15) is 0 Å². The number of ketones is 1. The molecular formula is C21H25N5O3. The molecule has 0 aromatic heterocycles. The van der Waals surface area contributed by atoms with Crippen molar-refractivity contribution in [2.75, 3.05) is 18.5 Å². The van der Waals surface area contributed by atoms with Gasteiger partial charge in [0.1, 0.15) is 5.78 Å². The van der Waals surface area contributed by atoms with Crippen LogP contribution in [0.5, 0.6) is 0 Å². The fourth-order valence-electron chi connectivity index (χ4n) is 4.25. The van der Waals surface area contributed by atoms with Crippen LogP contribution in [0.1, 0.15) is 31.9 Å². The van der Waals surface area contributed by atoms with Crippen molar-refractivity contribution in [1.29, 1.82) is 0 Å². The smallest absolute Gasteiger partial charge is 0.302 e. The number of imide groups is 1. The van der Waals surface area contributed by atoms with E-state index in [0.717, 1.165) is 27.5 Å². The summed E-state index contributed by atoms with van der Waals surface area (Å²) in [6.07, 6.45) is -0.621. The van der Waals surface area contributed by atoms with Gasteiger partial charge in [0.05, 0.1) is 12.2 Å². The zero-order chi connectivity index (χ0) is 21.2. The van der Waals surface area contributed by atoms with E-state index in [2.05, 4.69) is 24.8 Å². The van der Waals surface area contributed by atoms with Crippen LogP contribution in [0.4, 0.5) is 10.5 Å². The SMILES string of the molecule is CC(=O)CN1C(=O)C2C(N=C3N(c4cccc(C)c4C)C(C)=C(C)N32)N(C)C1=O. The molecule has 0 radical (unpaired) electrons. The summed E-state index contributed by atoms with van der Waals surface area (Å²) < 4.78 is 0. The standard InChI is InChI=1S/C21H25N5O3/c1-11-8-7-9-16(13(11)3)25-14(4)15(5)26-17-18(22-20(25)26)23(6)21(29)24(19(17)28)10-12(2)27/h7-9,17-18H,10H2,1-6H3. The Bertz CT molecular complexity index is 1010. The number of aliphatic imine (C=N–C) groups is 1. The second-order valence-electron chi connectivity index (χ2n) is 7.90. The molecule has 0 bridgehead atoms. The van der Waals surface area contributed by atoms with Crippen LogP contribution >= 0.6 is 0 Å². The molecule has 2 atom stereocenters. The first-order chi connectivity index (χ1) is 13.6. The van der Waals surface area contributed by atoms with Crippen LogP contribution < -0.4 is 4.90 Å². The Kier molecular flexibility index (Phi) is 4.25. The highest BCUT2D eigenvalue weighted by atomic mass is 16.2. The van der Waals surface area contributed by atoms with Gasteiger partial charge in [0.2, 0.25) is 5.96 Å². The van der Waals surface area contributed by atoms with E-state index in [0.29, 0.717) is 5.96 Å². The van der Waals surface area contributed by atoms with Gasteiger partial charge >= 0.3 is 6.03 Å². The predicted octanol–water partition coefficient (Wildman–Crippen LogP) is 2.22. The molecule has 3 aliphatic heterocycles. The van der Waals surface area contributed by atoms with Crippen LogP contribution in [0.25, 0.3) is 0 Å². The monoisotopic (exact) mass is 395 g/mol. The number of hydrogen-bond acceptors (Lipinski definition) is 6. The highest BCUT2D eigenvalue weighted by Gasteiger charge is 2.56. The molecule has 1 aromatic rings. The molecule has 3 heterocycles. The average molecular weight is 395 g/mol. The largest absolute Gasteiger partial charge is 0.328 e. The summed E-state index contributed by atoms with van der Waals surface area (Å²) in [5.41, 5.74) is 5.20. The van der Waals surface area contributed by atoms with Crippen molar-refractivity contribution >= 4 is 29.4 Å².